The highest BCUT2D eigenvalue weighted by Crippen LogP contribution is 2.21. The van der Waals surface area contributed by atoms with Gasteiger partial charge in [-0.05, 0) is 51.1 Å². The van der Waals surface area contributed by atoms with Gasteiger partial charge in [0, 0.05) is 28.9 Å². The predicted molar refractivity (Wildman–Crippen MR) is 93.7 cm³/mol. The number of hydrogen-bond acceptors (Lipinski definition) is 1. The molecule has 3 rings (SSSR count). The normalized spacial score (nSPS) is 11.2. The quantitative estimate of drug-likeness (QED) is 0.593. The molecular formula is C20H20N2. The summed E-state index contributed by atoms with van der Waals surface area (Å²) in [7, 11) is 0. The van der Waals surface area contributed by atoms with E-state index in [-0.39, 0.29) is 0 Å². The van der Waals surface area contributed by atoms with Crippen LogP contribution in [0, 0.1) is 20.8 Å². The van der Waals surface area contributed by atoms with E-state index in [0.717, 1.165) is 11.3 Å². The van der Waals surface area contributed by atoms with Gasteiger partial charge in [0.15, 0.2) is 0 Å². The lowest BCUT2D eigenvalue weighted by Gasteiger charge is -2.09. The average Bonchev–Trinajstić information content (AvgIpc) is 2.82. The average molecular weight is 288 g/mol. The molecule has 0 unspecified atom stereocenters. The summed E-state index contributed by atoms with van der Waals surface area (Å²) in [5.41, 5.74) is 7.03. The standard InChI is InChI=1S/C20H20N2/c1-15-9-11-20(12-10-15)22-16(2)13-18(17(22)3)14-21-19-7-5-4-6-8-19/h4-14H,1-3H3. The molecule has 0 N–H and O–H groups in total. The summed E-state index contributed by atoms with van der Waals surface area (Å²) >= 11 is 0. The molecule has 22 heavy (non-hydrogen) atoms. The molecule has 3 aromatic rings. The minimum absolute atomic E-state index is 0.975. The van der Waals surface area contributed by atoms with Gasteiger partial charge in [0.25, 0.3) is 0 Å². The van der Waals surface area contributed by atoms with Crippen LogP contribution in [-0.4, -0.2) is 10.8 Å². The number of rotatable bonds is 3. The molecule has 0 bridgehead atoms. The van der Waals surface area contributed by atoms with Crippen LogP contribution in [0.1, 0.15) is 22.5 Å². The fraction of sp³-hybridized carbons (Fsp3) is 0.150. The number of para-hydroxylation sites is 1. The van der Waals surface area contributed by atoms with Gasteiger partial charge < -0.3 is 4.57 Å². The van der Waals surface area contributed by atoms with Crippen LogP contribution < -0.4 is 0 Å². The van der Waals surface area contributed by atoms with E-state index in [0.29, 0.717) is 0 Å². The van der Waals surface area contributed by atoms with Gasteiger partial charge in [-0.2, -0.15) is 0 Å². The topological polar surface area (TPSA) is 17.3 Å². The first-order chi connectivity index (χ1) is 10.6. The first kappa shape index (κ1) is 14.3. The second-order valence-electron chi connectivity index (χ2n) is 5.59. The molecule has 0 spiro atoms. The monoisotopic (exact) mass is 288 g/mol. The summed E-state index contributed by atoms with van der Waals surface area (Å²) in [6, 6.07) is 20.8. The van der Waals surface area contributed by atoms with Gasteiger partial charge >= 0.3 is 0 Å². The van der Waals surface area contributed by atoms with Crippen LogP contribution in [0.2, 0.25) is 0 Å². The summed E-state index contributed by atoms with van der Waals surface area (Å²) in [4.78, 5) is 4.56. The molecule has 0 aliphatic heterocycles. The van der Waals surface area contributed by atoms with Crippen LogP contribution >= 0.6 is 0 Å². The molecule has 0 aliphatic rings. The van der Waals surface area contributed by atoms with Gasteiger partial charge in [0.05, 0.1) is 5.69 Å². The second-order valence-corrected chi connectivity index (χ2v) is 5.59. The number of aliphatic imine (C=N–C) groups is 1. The van der Waals surface area contributed by atoms with E-state index in [1.807, 2.05) is 36.5 Å². The minimum atomic E-state index is 0.975. The molecule has 110 valence electrons. The molecule has 0 radical (unpaired) electrons. The molecule has 0 saturated heterocycles. The van der Waals surface area contributed by atoms with Crippen LogP contribution in [0.5, 0.6) is 0 Å². The van der Waals surface area contributed by atoms with E-state index < -0.39 is 0 Å². The maximum Gasteiger partial charge on any atom is 0.0629 e. The van der Waals surface area contributed by atoms with Crippen molar-refractivity contribution < 1.29 is 0 Å². The molecule has 2 nitrogen and oxygen atoms in total. The SMILES string of the molecule is Cc1ccc(-n2c(C)cc(C=Nc3ccccc3)c2C)cc1. The Labute approximate surface area is 131 Å². The number of aryl methyl sites for hydroxylation is 2. The van der Waals surface area contributed by atoms with E-state index in [1.165, 1.54) is 22.6 Å². The molecule has 0 aliphatic carbocycles. The number of aromatic nitrogens is 1. The van der Waals surface area contributed by atoms with Crippen LogP contribution in [0.3, 0.4) is 0 Å². The van der Waals surface area contributed by atoms with E-state index in [9.17, 15) is 0 Å². The Balaban J connectivity index is 1.97. The van der Waals surface area contributed by atoms with Crippen molar-refractivity contribution in [3.63, 3.8) is 0 Å². The summed E-state index contributed by atoms with van der Waals surface area (Å²) < 4.78 is 2.27. The van der Waals surface area contributed by atoms with Crippen molar-refractivity contribution >= 4 is 11.9 Å². The highest BCUT2D eigenvalue weighted by Gasteiger charge is 2.09. The third-order valence-electron chi connectivity index (χ3n) is 3.87. The third-order valence-corrected chi connectivity index (χ3v) is 3.87. The van der Waals surface area contributed by atoms with Crippen molar-refractivity contribution in [2.75, 3.05) is 0 Å². The largest absolute Gasteiger partial charge is 0.318 e. The molecule has 0 amide bonds. The van der Waals surface area contributed by atoms with Crippen molar-refractivity contribution in [2.24, 2.45) is 4.99 Å². The maximum absolute atomic E-state index is 4.56. The molecule has 0 saturated carbocycles. The first-order valence-corrected chi connectivity index (χ1v) is 7.50. The molecule has 1 heterocycles. The third kappa shape index (κ3) is 2.86. The van der Waals surface area contributed by atoms with Crippen molar-refractivity contribution in [2.45, 2.75) is 20.8 Å². The zero-order valence-electron chi connectivity index (χ0n) is 13.2. The number of benzene rings is 2. The van der Waals surface area contributed by atoms with Gasteiger partial charge in [0.2, 0.25) is 0 Å². The molecule has 0 fully saturated rings. The van der Waals surface area contributed by atoms with Crippen molar-refractivity contribution in [1.29, 1.82) is 0 Å². The fourth-order valence-corrected chi connectivity index (χ4v) is 2.67. The zero-order valence-corrected chi connectivity index (χ0v) is 13.2. The van der Waals surface area contributed by atoms with Gasteiger partial charge in [-0.25, -0.2) is 0 Å². The summed E-state index contributed by atoms with van der Waals surface area (Å²) in [5.74, 6) is 0. The van der Waals surface area contributed by atoms with Crippen molar-refractivity contribution in [3.8, 4) is 5.69 Å². The summed E-state index contributed by atoms with van der Waals surface area (Å²) in [6.45, 7) is 6.38. The van der Waals surface area contributed by atoms with E-state index in [2.05, 4.69) is 60.7 Å². The Morgan fingerprint density at radius 3 is 2.23 bits per heavy atom. The lowest BCUT2D eigenvalue weighted by atomic mass is 10.2. The highest BCUT2D eigenvalue weighted by molar-refractivity contribution is 5.84. The van der Waals surface area contributed by atoms with Gasteiger partial charge in [-0.1, -0.05) is 35.9 Å². The first-order valence-electron chi connectivity index (χ1n) is 7.50. The Bertz CT molecular complexity index is 794. The molecular weight excluding hydrogens is 268 g/mol. The van der Waals surface area contributed by atoms with Crippen LogP contribution in [-0.2, 0) is 0 Å². The fourth-order valence-electron chi connectivity index (χ4n) is 2.67. The van der Waals surface area contributed by atoms with Crippen LogP contribution in [0.4, 0.5) is 5.69 Å². The number of hydrogen-bond donors (Lipinski definition) is 0. The zero-order chi connectivity index (χ0) is 15.5. The summed E-state index contributed by atoms with van der Waals surface area (Å²) in [6.07, 6.45) is 1.95. The van der Waals surface area contributed by atoms with E-state index in [1.54, 1.807) is 0 Å². The Morgan fingerprint density at radius 2 is 1.55 bits per heavy atom. The summed E-state index contributed by atoms with van der Waals surface area (Å²) in [5, 5.41) is 0. The Kier molecular flexibility index (Phi) is 3.92. The Morgan fingerprint density at radius 1 is 0.864 bits per heavy atom. The van der Waals surface area contributed by atoms with E-state index >= 15 is 0 Å². The number of nitrogens with zero attached hydrogens (tertiary/aromatic N) is 2. The molecule has 2 aromatic carbocycles. The lowest BCUT2D eigenvalue weighted by Crippen LogP contribution is -1.99. The smallest absolute Gasteiger partial charge is 0.0629 e. The minimum Gasteiger partial charge on any atom is -0.318 e. The van der Waals surface area contributed by atoms with Gasteiger partial charge in [0.1, 0.15) is 0 Å². The highest BCUT2D eigenvalue weighted by atomic mass is 15.0. The van der Waals surface area contributed by atoms with Gasteiger partial charge in [-0.15, -0.1) is 0 Å². The Hall–Kier alpha value is -2.61. The second kappa shape index (κ2) is 6.02. The molecule has 2 heteroatoms. The van der Waals surface area contributed by atoms with E-state index in [4.69, 9.17) is 0 Å². The van der Waals surface area contributed by atoms with Crippen molar-refractivity contribution in [1.82, 2.24) is 4.57 Å². The predicted octanol–water partition coefficient (Wildman–Crippen LogP) is 5.15. The van der Waals surface area contributed by atoms with Gasteiger partial charge in [-0.3, -0.25) is 4.99 Å². The lowest BCUT2D eigenvalue weighted by molar-refractivity contribution is 0.964. The van der Waals surface area contributed by atoms with Crippen molar-refractivity contribution in [3.05, 3.63) is 83.2 Å². The van der Waals surface area contributed by atoms with Crippen LogP contribution in [0.25, 0.3) is 5.69 Å². The molecule has 0 atom stereocenters. The molecule has 1 aromatic heterocycles. The van der Waals surface area contributed by atoms with Crippen LogP contribution in [0.15, 0.2) is 65.7 Å². The maximum atomic E-state index is 4.56.